The van der Waals surface area contributed by atoms with Crippen molar-refractivity contribution in [3.05, 3.63) is 35.9 Å². The van der Waals surface area contributed by atoms with Crippen molar-refractivity contribution in [3.63, 3.8) is 0 Å². The lowest BCUT2D eigenvalue weighted by Gasteiger charge is -2.30. The Morgan fingerprint density at radius 1 is 1.04 bits per heavy atom. The summed E-state index contributed by atoms with van der Waals surface area (Å²) in [5.74, 6) is 0.825. The molecule has 0 fully saturated rings. The van der Waals surface area contributed by atoms with Crippen LogP contribution >= 0.6 is 0 Å². The third kappa shape index (κ3) is 8.31. The summed E-state index contributed by atoms with van der Waals surface area (Å²) in [4.78, 5) is 6.71. The van der Waals surface area contributed by atoms with E-state index in [4.69, 9.17) is 4.74 Å². The van der Waals surface area contributed by atoms with Crippen LogP contribution < -0.4 is 10.6 Å². The molecule has 0 amide bonds. The quantitative estimate of drug-likeness (QED) is 0.392. The summed E-state index contributed by atoms with van der Waals surface area (Å²) in [6, 6.07) is 11.3. The van der Waals surface area contributed by atoms with Gasteiger partial charge in [-0.25, -0.2) is 0 Å². The van der Waals surface area contributed by atoms with Gasteiger partial charge in [-0.05, 0) is 33.3 Å². The van der Waals surface area contributed by atoms with Gasteiger partial charge in [0.15, 0.2) is 5.96 Å². The number of rotatable bonds is 10. The van der Waals surface area contributed by atoms with Gasteiger partial charge < -0.3 is 15.4 Å². The van der Waals surface area contributed by atoms with E-state index < -0.39 is 0 Å². The Bertz CT molecular complexity index is 452. The number of nitrogens with zero attached hydrogens (tertiary/aromatic N) is 2. The summed E-state index contributed by atoms with van der Waals surface area (Å²) in [6.45, 7) is 12.8. The first kappa shape index (κ1) is 20.5. The summed E-state index contributed by atoms with van der Waals surface area (Å²) < 4.78 is 5.67. The molecule has 5 nitrogen and oxygen atoms in total. The van der Waals surface area contributed by atoms with E-state index in [0.29, 0.717) is 25.3 Å². The first-order chi connectivity index (χ1) is 11.5. The standard InChI is InChI=1S/C19H34N4O/c1-16(2)23(17(3)4)13-11-21-19(20-5)22-12-14-24-15-18-9-7-6-8-10-18/h6-10,16-17H,11-15H2,1-5H3,(H2,20,21,22). The topological polar surface area (TPSA) is 48.9 Å². The molecular weight excluding hydrogens is 300 g/mol. The molecule has 0 radical (unpaired) electrons. The maximum Gasteiger partial charge on any atom is 0.191 e. The van der Waals surface area contributed by atoms with E-state index in [1.54, 1.807) is 7.05 Å². The molecule has 0 aromatic heterocycles. The number of hydrogen-bond acceptors (Lipinski definition) is 3. The molecule has 1 aromatic rings. The highest BCUT2D eigenvalue weighted by Gasteiger charge is 2.12. The largest absolute Gasteiger partial charge is 0.375 e. The molecule has 0 aliphatic heterocycles. The molecule has 24 heavy (non-hydrogen) atoms. The predicted octanol–water partition coefficient (Wildman–Crippen LogP) is 2.49. The Morgan fingerprint density at radius 2 is 1.67 bits per heavy atom. The highest BCUT2D eigenvalue weighted by molar-refractivity contribution is 5.79. The Hall–Kier alpha value is -1.59. The monoisotopic (exact) mass is 334 g/mol. The average molecular weight is 335 g/mol. The zero-order valence-electron chi connectivity index (χ0n) is 15.9. The second-order valence-corrected chi connectivity index (χ2v) is 6.39. The van der Waals surface area contributed by atoms with Crippen LogP contribution in [-0.2, 0) is 11.3 Å². The molecule has 0 atom stereocenters. The van der Waals surface area contributed by atoms with Crippen molar-refractivity contribution in [1.29, 1.82) is 0 Å². The van der Waals surface area contributed by atoms with E-state index in [0.717, 1.165) is 25.6 Å². The Labute approximate surface area is 147 Å². The van der Waals surface area contributed by atoms with Gasteiger partial charge in [0, 0.05) is 38.8 Å². The van der Waals surface area contributed by atoms with Gasteiger partial charge in [-0.3, -0.25) is 9.89 Å². The molecule has 136 valence electrons. The van der Waals surface area contributed by atoms with Gasteiger partial charge in [-0.1, -0.05) is 30.3 Å². The van der Waals surface area contributed by atoms with Gasteiger partial charge in [-0.2, -0.15) is 0 Å². The summed E-state index contributed by atoms with van der Waals surface area (Å²) in [5.41, 5.74) is 1.20. The molecular formula is C19H34N4O. The Morgan fingerprint density at radius 3 is 2.25 bits per heavy atom. The highest BCUT2D eigenvalue weighted by atomic mass is 16.5. The van der Waals surface area contributed by atoms with Gasteiger partial charge in [0.1, 0.15) is 0 Å². The lowest BCUT2D eigenvalue weighted by atomic mass is 10.2. The minimum absolute atomic E-state index is 0.549. The molecule has 0 saturated carbocycles. The van der Waals surface area contributed by atoms with Gasteiger partial charge in [0.25, 0.3) is 0 Å². The van der Waals surface area contributed by atoms with Crippen LogP contribution in [0, 0.1) is 0 Å². The fraction of sp³-hybridized carbons (Fsp3) is 0.632. The average Bonchev–Trinajstić information content (AvgIpc) is 2.56. The van der Waals surface area contributed by atoms with Crippen LogP contribution in [0.25, 0.3) is 0 Å². The fourth-order valence-corrected chi connectivity index (χ4v) is 2.64. The smallest absolute Gasteiger partial charge is 0.191 e. The number of benzene rings is 1. The maximum atomic E-state index is 5.67. The molecule has 0 bridgehead atoms. The van der Waals surface area contributed by atoms with Gasteiger partial charge in [-0.15, -0.1) is 0 Å². The second-order valence-electron chi connectivity index (χ2n) is 6.39. The van der Waals surface area contributed by atoms with Crippen LogP contribution in [0.4, 0.5) is 0 Å². The van der Waals surface area contributed by atoms with Crippen molar-refractivity contribution in [3.8, 4) is 0 Å². The number of hydrogen-bond donors (Lipinski definition) is 2. The van der Waals surface area contributed by atoms with Crippen molar-refractivity contribution in [2.45, 2.75) is 46.4 Å². The first-order valence-electron chi connectivity index (χ1n) is 8.86. The van der Waals surface area contributed by atoms with Gasteiger partial charge in [0.05, 0.1) is 13.2 Å². The molecule has 0 aliphatic rings. The van der Waals surface area contributed by atoms with E-state index >= 15 is 0 Å². The normalized spacial score (nSPS) is 12.2. The molecule has 0 saturated heterocycles. The fourth-order valence-electron chi connectivity index (χ4n) is 2.64. The summed E-state index contributed by atoms with van der Waals surface area (Å²) in [5, 5.41) is 6.64. The molecule has 1 rings (SSSR count). The Kier molecular flexibility index (Phi) is 10.1. The van der Waals surface area contributed by atoms with Gasteiger partial charge >= 0.3 is 0 Å². The minimum Gasteiger partial charge on any atom is -0.375 e. The molecule has 5 heteroatoms. The molecule has 1 aromatic carbocycles. The predicted molar refractivity (Wildman–Crippen MR) is 102 cm³/mol. The molecule has 0 spiro atoms. The van der Waals surface area contributed by atoms with Crippen molar-refractivity contribution in [2.24, 2.45) is 4.99 Å². The lowest BCUT2D eigenvalue weighted by molar-refractivity contribution is 0.125. The lowest BCUT2D eigenvalue weighted by Crippen LogP contribution is -2.45. The van der Waals surface area contributed by atoms with Crippen LogP contribution in [0.5, 0.6) is 0 Å². The molecule has 0 unspecified atom stereocenters. The van der Waals surface area contributed by atoms with E-state index in [1.807, 2.05) is 18.2 Å². The number of nitrogens with one attached hydrogen (secondary N) is 2. The zero-order chi connectivity index (χ0) is 17.8. The van der Waals surface area contributed by atoms with E-state index in [9.17, 15) is 0 Å². The maximum absolute atomic E-state index is 5.67. The number of guanidine groups is 1. The van der Waals surface area contributed by atoms with Crippen LogP contribution in [0.1, 0.15) is 33.3 Å². The van der Waals surface area contributed by atoms with E-state index in [1.165, 1.54) is 5.56 Å². The van der Waals surface area contributed by atoms with Crippen LogP contribution in [0.2, 0.25) is 0 Å². The van der Waals surface area contributed by atoms with Gasteiger partial charge in [0.2, 0.25) is 0 Å². The highest BCUT2D eigenvalue weighted by Crippen LogP contribution is 2.03. The van der Waals surface area contributed by atoms with Crippen LogP contribution in [0.3, 0.4) is 0 Å². The minimum atomic E-state index is 0.549. The summed E-state index contributed by atoms with van der Waals surface area (Å²) >= 11 is 0. The molecule has 2 N–H and O–H groups in total. The summed E-state index contributed by atoms with van der Waals surface area (Å²) in [7, 11) is 1.79. The SMILES string of the molecule is CN=C(NCCOCc1ccccc1)NCCN(C(C)C)C(C)C. The zero-order valence-corrected chi connectivity index (χ0v) is 15.9. The summed E-state index contributed by atoms with van der Waals surface area (Å²) in [6.07, 6.45) is 0. The third-order valence-electron chi connectivity index (χ3n) is 3.86. The first-order valence-corrected chi connectivity index (χ1v) is 8.86. The Balaban J connectivity index is 2.16. The number of aliphatic imine (C=N–C) groups is 1. The second kappa shape index (κ2) is 11.9. The van der Waals surface area contributed by atoms with E-state index in [-0.39, 0.29) is 0 Å². The van der Waals surface area contributed by atoms with Crippen molar-refractivity contribution >= 4 is 5.96 Å². The third-order valence-corrected chi connectivity index (χ3v) is 3.86. The van der Waals surface area contributed by atoms with E-state index in [2.05, 4.69) is 60.4 Å². The van der Waals surface area contributed by atoms with Crippen LogP contribution in [-0.4, -0.2) is 56.2 Å². The number of ether oxygens (including phenoxy) is 1. The van der Waals surface area contributed by atoms with Crippen molar-refractivity contribution in [1.82, 2.24) is 15.5 Å². The van der Waals surface area contributed by atoms with Crippen molar-refractivity contribution in [2.75, 3.05) is 33.3 Å². The van der Waals surface area contributed by atoms with Crippen molar-refractivity contribution < 1.29 is 4.74 Å². The molecule has 0 heterocycles. The molecule has 0 aliphatic carbocycles. The van der Waals surface area contributed by atoms with Crippen LogP contribution in [0.15, 0.2) is 35.3 Å².